The standard InChI is InChI=1S/C21H24N2O3S/c1-5-25-16-11-10-14(12-17(16)26-6-2)20(24)23-21-22-19-15(13(3)4)8-7-9-18(19)27-21/h7-13H,5-6H2,1-4H3,(H,22,23,24). The number of nitrogens with zero attached hydrogens (tertiary/aromatic N) is 1. The molecule has 0 fully saturated rings. The number of para-hydroxylation sites is 1. The quantitative estimate of drug-likeness (QED) is 0.587. The Morgan fingerprint density at radius 1 is 1.11 bits per heavy atom. The summed E-state index contributed by atoms with van der Waals surface area (Å²) in [6.07, 6.45) is 0. The first-order valence-electron chi connectivity index (χ1n) is 9.13. The number of benzene rings is 2. The third-order valence-corrected chi connectivity index (χ3v) is 5.03. The van der Waals surface area contributed by atoms with Gasteiger partial charge in [0.15, 0.2) is 16.6 Å². The maximum Gasteiger partial charge on any atom is 0.257 e. The van der Waals surface area contributed by atoms with E-state index < -0.39 is 0 Å². The molecule has 0 radical (unpaired) electrons. The first-order valence-corrected chi connectivity index (χ1v) is 9.95. The number of ether oxygens (including phenoxy) is 2. The third-order valence-electron chi connectivity index (χ3n) is 4.10. The van der Waals surface area contributed by atoms with Crippen LogP contribution in [0.15, 0.2) is 36.4 Å². The van der Waals surface area contributed by atoms with E-state index in [2.05, 4.69) is 30.2 Å². The highest BCUT2D eigenvalue weighted by atomic mass is 32.1. The predicted molar refractivity (Wildman–Crippen MR) is 110 cm³/mol. The van der Waals surface area contributed by atoms with Crippen LogP contribution in [0, 0.1) is 0 Å². The van der Waals surface area contributed by atoms with Crippen molar-refractivity contribution in [3.63, 3.8) is 0 Å². The summed E-state index contributed by atoms with van der Waals surface area (Å²) in [5.74, 6) is 1.36. The zero-order chi connectivity index (χ0) is 19.4. The lowest BCUT2D eigenvalue weighted by atomic mass is 10.0. The van der Waals surface area contributed by atoms with E-state index in [1.165, 1.54) is 16.9 Å². The molecular weight excluding hydrogens is 360 g/mol. The smallest absolute Gasteiger partial charge is 0.257 e. The monoisotopic (exact) mass is 384 g/mol. The van der Waals surface area contributed by atoms with Crippen LogP contribution in [0.2, 0.25) is 0 Å². The van der Waals surface area contributed by atoms with Crippen molar-refractivity contribution in [2.24, 2.45) is 0 Å². The highest BCUT2D eigenvalue weighted by Gasteiger charge is 2.15. The number of nitrogens with one attached hydrogen (secondary N) is 1. The van der Waals surface area contributed by atoms with E-state index in [-0.39, 0.29) is 5.91 Å². The minimum Gasteiger partial charge on any atom is -0.490 e. The van der Waals surface area contributed by atoms with Gasteiger partial charge in [0.25, 0.3) is 5.91 Å². The Hall–Kier alpha value is -2.60. The molecule has 0 aliphatic rings. The second-order valence-electron chi connectivity index (χ2n) is 6.35. The Balaban J connectivity index is 1.86. The average Bonchev–Trinajstić information content (AvgIpc) is 3.05. The van der Waals surface area contributed by atoms with Gasteiger partial charge in [0, 0.05) is 5.56 Å². The Morgan fingerprint density at radius 2 is 1.85 bits per heavy atom. The van der Waals surface area contributed by atoms with Crippen LogP contribution in [0.4, 0.5) is 5.13 Å². The number of aromatic nitrogens is 1. The maximum absolute atomic E-state index is 12.7. The fraction of sp³-hybridized carbons (Fsp3) is 0.333. The highest BCUT2D eigenvalue weighted by molar-refractivity contribution is 7.22. The molecule has 0 saturated carbocycles. The van der Waals surface area contributed by atoms with Crippen LogP contribution in [0.5, 0.6) is 11.5 Å². The molecule has 1 aromatic heterocycles. The topological polar surface area (TPSA) is 60.5 Å². The van der Waals surface area contributed by atoms with Crippen molar-refractivity contribution in [1.82, 2.24) is 4.98 Å². The molecule has 0 aliphatic carbocycles. The summed E-state index contributed by atoms with van der Waals surface area (Å²) in [6, 6.07) is 11.3. The van der Waals surface area contributed by atoms with E-state index in [4.69, 9.17) is 9.47 Å². The number of hydrogen-bond acceptors (Lipinski definition) is 5. The van der Waals surface area contributed by atoms with E-state index in [9.17, 15) is 4.79 Å². The number of rotatable bonds is 7. The number of fused-ring (bicyclic) bond motifs is 1. The number of carbonyl (C=O) groups excluding carboxylic acids is 1. The van der Waals surface area contributed by atoms with Gasteiger partial charge in [-0.25, -0.2) is 4.98 Å². The summed E-state index contributed by atoms with van der Waals surface area (Å²) in [4.78, 5) is 17.3. The Kier molecular flexibility index (Phi) is 5.96. The lowest BCUT2D eigenvalue weighted by Gasteiger charge is -2.12. The van der Waals surface area contributed by atoms with E-state index in [1.807, 2.05) is 26.0 Å². The van der Waals surface area contributed by atoms with Crippen LogP contribution >= 0.6 is 11.3 Å². The van der Waals surface area contributed by atoms with Crippen molar-refractivity contribution in [2.45, 2.75) is 33.6 Å². The van der Waals surface area contributed by atoms with Gasteiger partial charge in [-0.15, -0.1) is 0 Å². The van der Waals surface area contributed by atoms with Crippen molar-refractivity contribution in [3.8, 4) is 11.5 Å². The summed E-state index contributed by atoms with van der Waals surface area (Å²) in [5.41, 5.74) is 2.64. The van der Waals surface area contributed by atoms with E-state index >= 15 is 0 Å². The van der Waals surface area contributed by atoms with Crippen molar-refractivity contribution in [3.05, 3.63) is 47.5 Å². The second-order valence-corrected chi connectivity index (χ2v) is 7.38. The molecule has 1 heterocycles. The molecule has 27 heavy (non-hydrogen) atoms. The van der Waals surface area contributed by atoms with Crippen molar-refractivity contribution in [1.29, 1.82) is 0 Å². The van der Waals surface area contributed by atoms with E-state index in [0.717, 1.165) is 10.2 Å². The summed E-state index contributed by atoms with van der Waals surface area (Å²) in [7, 11) is 0. The predicted octanol–water partition coefficient (Wildman–Crippen LogP) is 5.47. The minimum atomic E-state index is -0.218. The Morgan fingerprint density at radius 3 is 2.56 bits per heavy atom. The number of anilines is 1. The fourth-order valence-electron chi connectivity index (χ4n) is 2.85. The van der Waals surface area contributed by atoms with Gasteiger partial charge >= 0.3 is 0 Å². The molecule has 0 unspecified atom stereocenters. The second kappa shape index (κ2) is 8.39. The molecule has 6 heteroatoms. The van der Waals surface area contributed by atoms with Crippen molar-refractivity contribution < 1.29 is 14.3 Å². The first kappa shape index (κ1) is 19.2. The molecule has 0 spiro atoms. The summed E-state index contributed by atoms with van der Waals surface area (Å²) in [6.45, 7) is 9.13. The molecule has 3 aromatic rings. The summed E-state index contributed by atoms with van der Waals surface area (Å²) >= 11 is 1.48. The van der Waals surface area contributed by atoms with Gasteiger partial charge in [-0.3, -0.25) is 10.1 Å². The highest BCUT2D eigenvalue weighted by Crippen LogP contribution is 2.32. The lowest BCUT2D eigenvalue weighted by molar-refractivity contribution is 0.102. The van der Waals surface area contributed by atoms with Crippen LogP contribution in [0.1, 0.15) is 49.5 Å². The largest absolute Gasteiger partial charge is 0.490 e. The van der Waals surface area contributed by atoms with Gasteiger partial charge in [-0.1, -0.05) is 37.3 Å². The van der Waals surface area contributed by atoms with E-state index in [1.54, 1.807) is 18.2 Å². The van der Waals surface area contributed by atoms with Crippen LogP contribution in [0.3, 0.4) is 0 Å². The molecule has 1 amide bonds. The van der Waals surface area contributed by atoms with Crippen molar-refractivity contribution in [2.75, 3.05) is 18.5 Å². The lowest BCUT2D eigenvalue weighted by Crippen LogP contribution is -2.12. The van der Waals surface area contributed by atoms with E-state index in [0.29, 0.717) is 41.3 Å². The Labute approximate surface area is 163 Å². The molecular formula is C21H24N2O3S. The van der Waals surface area contributed by atoms with Crippen LogP contribution in [-0.4, -0.2) is 24.1 Å². The minimum absolute atomic E-state index is 0.218. The molecule has 5 nitrogen and oxygen atoms in total. The van der Waals surface area contributed by atoms with Gasteiger partial charge < -0.3 is 9.47 Å². The van der Waals surface area contributed by atoms with Crippen LogP contribution < -0.4 is 14.8 Å². The molecule has 0 atom stereocenters. The Bertz CT molecular complexity index is 950. The third kappa shape index (κ3) is 4.22. The SMILES string of the molecule is CCOc1ccc(C(=O)Nc2nc3c(C(C)C)cccc3s2)cc1OCC. The number of thiazole rings is 1. The fourth-order valence-corrected chi connectivity index (χ4v) is 3.75. The van der Waals surface area contributed by atoms with Crippen molar-refractivity contribution >= 4 is 32.6 Å². The van der Waals surface area contributed by atoms with Crippen LogP contribution in [0.25, 0.3) is 10.2 Å². The van der Waals surface area contributed by atoms with Gasteiger partial charge in [-0.05, 0) is 49.6 Å². The van der Waals surface area contributed by atoms with Gasteiger partial charge in [0.05, 0.1) is 23.4 Å². The van der Waals surface area contributed by atoms with Gasteiger partial charge in [-0.2, -0.15) is 0 Å². The molecule has 0 aliphatic heterocycles. The molecule has 1 N–H and O–H groups in total. The molecule has 142 valence electrons. The molecule has 0 saturated heterocycles. The molecule has 2 aromatic carbocycles. The zero-order valence-corrected chi connectivity index (χ0v) is 16.9. The zero-order valence-electron chi connectivity index (χ0n) is 16.0. The molecule has 0 bridgehead atoms. The number of carbonyl (C=O) groups is 1. The number of hydrogen-bond donors (Lipinski definition) is 1. The normalized spacial score (nSPS) is 11.0. The molecule has 3 rings (SSSR count). The first-order chi connectivity index (χ1) is 13.0. The average molecular weight is 385 g/mol. The summed E-state index contributed by atoms with van der Waals surface area (Å²) < 4.78 is 12.2. The van der Waals surface area contributed by atoms with Gasteiger partial charge in [0.2, 0.25) is 0 Å². The van der Waals surface area contributed by atoms with Crippen LogP contribution in [-0.2, 0) is 0 Å². The van der Waals surface area contributed by atoms with Gasteiger partial charge in [0.1, 0.15) is 0 Å². The summed E-state index contributed by atoms with van der Waals surface area (Å²) in [5, 5.41) is 3.50. The number of amides is 1. The maximum atomic E-state index is 12.7.